The maximum Gasteiger partial charge on any atom is 0.0744 e. The van der Waals surface area contributed by atoms with Crippen molar-refractivity contribution in [3.8, 4) is 0 Å². The minimum absolute atomic E-state index is 0. The molecule has 0 aliphatic carbocycles. The Hall–Kier alpha value is -1.03. The zero-order chi connectivity index (χ0) is 9.14. The first-order valence-electron chi connectivity index (χ1n) is 3.21. The van der Waals surface area contributed by atoms with Gasteiger partial charge in [0.2, 0.25) is 0 Å². The molecule has 1 rings (SSSR count). The number of nitrogens with zero attached hydrogens (tertiary/aromatic N) is 3. The van der Waals surface area contributed by atoms with Crippen molar-refractivity contribution >= 4 is 18.5 Å². The van der Waals surface area contributed by atoms with Gasteiger partial charge >= 0.3 is 0 Å². The van der Waals surface area contributed by atoms with Gasteiger partial charge in [0.1, 0.15) is 0 Å². The zero-order valence-electron chi connectivity index (χ0n) is 8.44. The number of aromatic nitrogens is 2. The molecule has 0 fully saturated rings. The molecule has 0 N–H and O–H groups in total. The molecule has 14 heavy (non-hydrogen) atoms. The van der Waals surface area contributed by atoms with Gasteiger partial charge < -0.3 is 31.5 Å². The van der Waals surface area contributed by atoms with Crippen LogP contribution in [-0.2, 0) is 36.1 Å². The van der Waals surface area contributed by atoms with Crippen LogP contribution in [0.5, 0.6) is 0 Å². The van der Waals surface area contributed by atoms with E-state index in [4.69, 9.17) is 0 Å². The van der Waals surface area contributed by atoms with Gasteiger partial charge in [-0.15, -0.1) is 0 Å². The fraction of sp³-hybridized carbons (Fsp3) is 0.250. The molecule has 0 aromatic carbocycles. The van der Waals surface area contributed by atoms with E-state index in [1.165, 1.54) is 17.9 Å². The number of carbonyl (C=O) groups excluding carboxylic acids is 2. The Bertz CT molecular complexity index is 312. The summed E-state index contributed by atoms with van der Waals surface area (Å²) in [5, 5.41) is 0. The molecule has 0 atom stereocenters. The van der Waals surface area contributed by atoms with Gasteiger partial charge in [0.15, 0.2) is 0 Å². The van der Waals surface area contributed by atoms with Crippen molar-refractivity contribution in [2.75, 3.05) is 11.9 Å². The Kier molecular flexibility index (Phi) is 7.09. The van der Waals surface area contributed by atoms with Gasteiger partial charge in [-0.3, -0.25) is 0 Å². The number of hydrogen-bond acceptors (Lipinski definition) is 3. The van der Waals surface area contributed by atoms with Gasteiger partial charge in [-0.05, 0) is 18.6 Å². The molecule has 0 saturated carbocycles. The first-order valence-corrected chi connectivity index (χ1v) is 3.21. The third-order valence-electron chi connectivity index (χ3n) is 1.47. The standard InChI is InChI=1S/C7H7N3O2.CH3.Zn/c1-9-4-8-7(6(9)3-11)10(2)5-12;;/h4H,1-2H3;1H3;/q-2;-1;. The molecule has 0 aliphatic rings. The second kappa shape index (κ2) is 6.43. The maximum absolute atomic E-state index is 10.4. The van der Waals surface area contributed by atoms with E-state index in [-0.39, 0.29) is 38.4 Å². The fourth-order valence-electron chi connectivity index (χ4n) is 0.824. The molecule has 74 valence electrons. The Morgan fingerprint density at radius 1 is 1.50 bits per heavy atom. The molecule has 6 heteroatoms. The van der Waals surface area contributed by atoms with Crippen molar-refractivity contribution in [2.24, 2.45) is 7.05 Å². The van der Waals surface area contributed by atoms with Crippen LogP contribution in [0.25, 0.3) is 0 Å². The van der Waals surface area contributed by atoms with E-state index in [1.807, 2.05) is 0 Å². The average molecular weight is 246 g/mol. The molecule has 0 unspecified atom stereocenters. The third kappa shape index (κ3) is 2.74. The van der Waals surface area contributed by atoms with Crippen LogP contribution in [0.3, 0.4) is 0 Å². The van der Waals surface area contributed by atoms with E-state index in [0.717, 1.165) is 4.90 Å². The molecular formula is C8H10N3O2Zn-3. The second-order valence-electron chi connectivity index (χ2n) is 2.28. The quantitative estimate of drug-likeness (QED) is 0.422. The molecular weight excluding hydrogens is 235 g/mol. The van der Waals surface area contributed by atoms with Crippen molar-refractivity contribution in [2.45, 2.75) is 0 Å². The van der Waals surface area contributed by atoms with Crippen molar-refractivity contribution in [3.63, 3.8) is 0 Å². The van der Waals surface area contributed by atoms with Crippen LogP contribution in [0, 0.1) is 7.43 Å². The first kappa shape index (κ1) is 15.4. The van der Waals surface area contributed by atoms with Gasteiger partial charge in [0.25, 0.3) is 0 Å². The van der Waals surface area contributed by atoms with Crippen LogP contribution in [0.15, 0.2) is 6.33 Å². The molecule has 1 aromatic rings. The van der Waals surface area contributed by atoms with E-state index < -0.39 is 0 Å². The van der Waals surface area contributed by atoms with Crippen LogP contribution < -0.4 is 4.90 Å². The monoisotopic (exact) mass is 244 g/mol. The predicted molar refractivity (Wildman–Crippen MR) is 48.5 cm³/mol. The van der Waals surface area contributed by atoms with E-state index in [9.17, 15) is 9.59 Å². The molecule has 1 heterocycles. The van der Waals surface area contributed by atoms with Crippen molar-refractivity contribution in [1.82, 2.24) is 9.55 Å². The molecule has 1 aromatic heterocycles. The summed E-state index contributed by atoms with van der Waals surface area (Å²) < 4.78 is 1.48. The summed E-state index contributed by atoms with van der Waals surface area (Å²) in [6.45, 7) is 0. The minimum atomic E-state index is 0. The minimum Gasteiger partial charge on any atom is -0.464 e. The Morgan fingerprint density at radius 2 is 2.07 bits per heavy atom. The molecule has 0 spiro atoms. The summed E-state index contributed by atoms with van der Waals surface area (Å²) in [5.74, 6) is 0.266. The number of rotatable bonds is 3. The second-order valence-corrected chi connectivity index (χ2v) is 2.28. The number of amides is 1. The average Bonchev–Trinajstić information content (AvgIpc) is 2.45. The third-order valence-corrected chi connectivity index (χ3v) is 1.47. The predicted octanol–water partition coefficient (Wildman–Crippen LogP) is -0.171. The largest absolute Gasteiger partial charge is 0.464 e. The van der Waals surface area contributed by atoms with Crippen LogP contribution >= 0.6 is 0 Å². The molecule has 0 radical (unpaired) electrons. The van der Waals surface area contributed by atoms with Crippen LogP contribution in [-0.4, -0.2) is 29.3 Å². The number of anilines is 1. The summed E-state index contributed by atoms with van der Waals surface area (Å²) in [5.41, 5.74) is 0.237. The van der Waals surface area contributed by atoms with Crippen LogP contribution in [0.2, 0.25) is 0 Å². The van der Waals surface area contributed by atoms with Gasteiger partial charge in [-0.2, -0.15) is 0 Å². The molecule has 0 bridgehead atoms. The number of hydrogen-bond donors (Lipinski definition) is 0. The number of aryl methyl sites for hydroxylation is 1. The van der Waals surface area contributed by atoms with Crippen LogP contribution in [0.4, 0.5) is 5.82 Å². The zero-order valence-corrected chi connectivity index (χ0v) is 11.4. The SMILES string of the molecule is CN([C-]=O)c1ncn(C)c1[C-]=O.[CH3-].[Zn]. The van der Waals surface area contributed by atoms with Gasteiger partial charge in [-0.25, -0.2) is 0 Å². The van der Waals surface area contributed by atoms with Gasteiger partial charge in [0, 0.05) is 32.8 Å². The molecule has 1 amide bonds. The summed E-state index contributed by atoms with van der Waals surface area (Å²) in [7, 11) is 3.12. The summed E-state index contributed by atoms with van der Waals surface area (Å²) in [6, 6.07) is 0. The summed E-state index contributed by atoms with van der Waals surface area (Å²) >= 11 is 0. The smallest absolute Gasteiger partial charge is 0.0744 e. The van der Waals surface area contributed by atoms with Crippen molar-refractivity contribution < 1.29 is 29.1 Å². The topological polar surface area (TPSA) is 55.2 Å². The number of imidazole rings is 1. The van der Waals surface area contributed by atoms with E-state index >= 15 is 0 Å². The molecule has 5 nitrogen and oxygen atoms in total. The summed E-state index contributed by atoms with van der Waals surface area (Å²) in [6.07, 6.45) is 4.72. The Labute approximate surface area is 95.9 Å². The van der Waals surface area contributed by atoms with Gasteiger partial charge in [-0.1, -0.05) is 0 Å². The van der Waals surface area contributed by atoms with Gasteiger partial charge in [0.05, 0.1) is 12.7 Å². The molecule has 0 aliphatic heterocycles. The Morgan fingerprint density at radius 3 is 2.50 bits per heavy atom. The van der Waals surface area contributed by atoms with Crippen molar-refractivity contribution in [1.29, 1.82) is 0 Å². The Balaban J connectivity index is 0. The first-order chi connectivity index (χ1) is 5.70. The normalized spacial score (nSPS) is 8.14. The summed E-state index contributed by atoms with van der Waals surface area (Å²) in [4.78, 5) is 25.5. The molecule has 0 saturated heterocycles. The maximum atomic E-state index is 10.4. The van der Waals surface area contributed by atoms with E-state index in [2.05, 4.69) is 4.98 Å². The van der Waals surface area contributed by atoms with Crippen LogP contribution in [0.1, 0.15) is 5.69 Å². The fourth-order valence-corrected chi connectivity index (χ4v) is 0.824. The van der Waals surface area contributed by atoms with E-state index in [0.29, 0.717) is 0 Å². The van der Waals surface area contributed by atoms with Crippen molar-refractivity contribution in [3.05, 3.63) is 19.4 Å². The van der Waals surface area contributed by atoms with E-state index in [1.54, 1.807) is 19.7 Å².